The van der Waals surface area contributed by atoms with Gasteiger partial charge in [0.1, 0.15) is 29.7 Å². The van der Waals surface area contributed by atoms with Crippen LogP contribution in [0.5, 0.6) is 0 Å². The number of aliphatic hydroxyl groups is 2. The molecule has 0 aromatic carbocycles. The first-order valence-corrected chi connectivity index (χ1v) is 16.1. The lowest BCUT2D eigenvalue weighted by molar-refractivity contribution is -0.316. The van der Waals surface area contributed by atoms with E-state index in [2.05, 4.69) is 0 Å². The quantitative estimate of drug-likeness (QED) is 0.432. The number of esters is 1. The summed E-state index contributed by atoms with van der Waals surface area (Å²) in [7, 11) is 1.53. The van der Waals surface area contributed by atoms with E-state index in [-0.39, 0.29) is 24.2 Å². The number of methoxy groups -OCH3 is 1. The Hall–Kier alpha value is -1.60. The van der Waals surface area contributed by atoms with Gasteiger partial charge in [-0.3, -0.25) is 9.59 Å². The van der Waals surface area contributed by atoms with Crippen LogP contribution in [0.2, 0.25) is 0 Å². The molecule has 2 bridgehead atoms. The molecule has 0 aromatic rings. The van der Waals surface area contributed by atoms with Gasteiger partial charge in [0.2, 0.25) is 0 Å². The van der Waals surface area contributed by atoms with Crippen LogP contribution in [0.15, 0.2) is 11.3 Å². The fourth-order valence-corrected chi connectivity index (χ4v) is 7.58. The molecule has 0 aliphatic carbocycles. The van der Waals surface area contributed by atoms with E-state index >= 15 is 0 Å². The summed E-state index contributed by atoms with van der Waals surface area (Å²) in [6.07, 6.45) is -5.54. The monoisotopic (exact) mass is 626 g/mol. The molecule has 11 nitrogen and oxygen atoms in total. The fourth-order valence-electron chi connectivity index (χ4n) is 7.58. The summed E-state index contributed by atoms with van der Waals surface area (Å²) in [6.45, 7) is 18.3. The molecule has 3 saturated heterocycles. The van der Waals surface area contributed by atoms with Gasteiger partial charge in [0.15, 0.2) is 24.5 Å². The second-order valence-corrected chi connectivity index (χ2v) is 14.2. The predicted molar refractivity (Wildman–Crippen MR) is 159 cm³/mol. The van der Waals surface area contributed by atoms with Crippen LogP contribution in [0, 0.1) is 23.7 Å². The smallest absolute Gasteiger partial charge is 0.312 e. The topological polar surface area (TPSA) is 139 Å². The highest BCUT2D eigenvalue weighted by atomic mass is 16.7. The summed E-state index contributed by atoms with van der Waals surface area (Å²) < 4.78 is 43.7. The number of allylic oxidation sites excluding steroid dienone is 1. The zero-order chi connectivity index (χ0) is 32.9. The average molecular weight is 627 g/mol. The zero-order valence-electron chi connectivity index (χ0n) is 28.2. The third-order valence-corrected chi connectivity index (χ3v) is 10.4. The minimum absolute atomic E-state index is 0.0617. The lowest BCUT2D eigenvalue weighted by Crippen LogP contribution is -2.59. The summed E-state index contributed by atoms with van der Waals surface area (Å²) >= 11 is 0. The number of ether oxygens (including phenoxy) is 7. The van der Waals surface area contributed by atoms with Crippen LogP contribution in [-0.4, -0.2) is 95.6 Å². The van der Waals surface area contributed by atoms with Gasteiger partial charge in [0, 0.05) is 25.9 Å². The average Bonchev–Trinajstić information content (AvgIpc) is 3.27. The molecule has 252 valence electrons. The van der Waals surface area contributed by atoms with Crippen LogP contribution in [0.25, 0.3) is 0 Å². The minimum atomic E-state index is -0.996. The van der Waals surface area contributed by atoms with Gasteiger partial charge in [-0.05, 0) is 73.3 Å². The van der Waals surface area contributed by atoms with E-state index in [0.717, 1.165) is 5.57 Å². The maximum atomic E-state index is 13.6. The molecule has 4 aliphatic rings. The van der Waals surface area contributed by atoms with Crippen LogP contribution in [0.1, 0.15) is 88.5 Å². The first kappa shape index (κ1) is 35.3. The number of carbonyl (C=O) groups excluding carboxylic acids is 2. The first-order chi connectivity index (χ1) is 20.4. The fraction of sp³-hybridized carbons (Fsp3) is 0.879. The van der Waals surface area contributed by atoms with Crippen molar-refractivity contribution in [2.45, 2.75) is 155 Å². The Morgan fingerprint density at radius 3 is 2.25 bits per heavy atom. The van der Waals surface area contributed by atoms with Crippen LogP contribution in [0.3, 0.4) is 0 Å². The highest BCUT2D eigenvalue weighted by Gasteiger charge is 2.54. The number of aliphatic hydroxyl groups excluding tert-OH is 2. The maximum absolute atomic E-state index is 13.6. The molecule has 0 spiro atoms. The molecule has 4 aliphatic heterocycles. The van der Waals surface area contributed by atoms with Gasteiger partial charge in [-0.2, -0.15) is 0 Å². The Labute approximate surface area is 261 Å². The van der Waals surface area contributed by atoms with Crippen molar-refractivity contribution < 1.29 is 53.0 Å². The van der Waals surface area contributed by atoms with Crippen molar-refractivity contribution in [2.24, 2.45) is 23.7 Å². The van der Waals surface area contributed by atoms with Crippen molar-refractivity contribution >= 4 is 11.8 Å². The molecular weight excluding hydrogens is 572 g/mol. The van der Waals surface area contributed by atoms with E-state index in [1.165, 1.54) is 7.11 Å². The largest absolute Gasteiger partial charge is 0.488 e. The number of carbonyl (C=O) groups is 2. The van der Waals surface area contributed by atoms with Crippen molar-refractivity contribution in [3.8, 4) is 0 Å². The van der Waals surface area contributed by atoms with Gasteiger partial charge < -0.3 is 43.4 Å². The number of rotatable bonds is 5. The number of cyclic esters (lactones) is 1. The Morgan fingerprint density at radius 2 is 1.61 bits per heavy atom. The van der Waals surface area contributed by atoms with Crippen LogP contribution < -0.4 is 0 Å². The van der Waals surface area contributed by atoms with Gasteiger partial charge in [-0.25, -0.2) is 0 Å². The van der Waals surface area contributed by atoms with Crippen molar-refractivity contribution in [1.82, 2.24) is 0 Å². The van der Waals surface area contributed by atoms with Crippen molar-refractivity contribution in [1.29, 1.82) is 0 Å². The van der Waals surface area contributed by atoms with Crippen LogP contribution in [-0.2, 0) is 42.7 Å². The standard InChI is InChI=1S/C33H54O11/c1-15-12-17(3)39-31(24(15)34)43-29-19(5)27(42-23-14-32(9,38-11)28(36)22(8)40-23)20(6)30(37)41-21(7)25(35)18(4)26-16(2)13-33(29,10)44-26/h15,17-24,27-29,31,34,36H,12-14H2,1-11H3. The number of hydrogen-bond donors (Lipinski definition) is 2. The van der Waals surface area contributed by atoms with E-state index in [4.69, 9.17) is 33.2 Å². The van der Waals surface area contributed by atoms with Gasteiger partial charge in [-0.1, -0.05) is 13.8 Å². The molecule has 3 fully saturated rings. The molecule has 4 heterocycles. The summed E-state index contributed by atoms with van der Waals surface area (Å²) in [6, 6.07) is 0. The zero-order valence-corrected chi connectivity index (χ0v) is 28.2. The van der Waals surface area contributed by atoms with E-state index < -0.39 is 84.1 Å². The van der Waals surface area contributed by atoms with Crippen molar-refractivity contribution in [3.63, 3.8) is 0 Å². The number of ketones is 1. The van der Waals surface area contributed by atoms with Gasteiger partial charge in [0.25, 0.3) is 0 Å². The molecule has 0 amide bonds. The van der Waals surface area contributed by atoms with E-state index in [1.807, 2.05) is 34.6 Å². The highest BCUT2D eigenvalue weighted by Crippen LogP contribution is 2.46. The van der Waals surface area contributed by atoms with Crippen LogP contribution >= 0.6 is 0 Å². The molecule has 0 saturated carbocycles. The molecule has 15 unspecified atom stereocenters. The molecule has 0 aromatic heterocycles. The van der Waals surface area contributed by atoms with Crippen molar-refractivity contribution in [2.75, 3.05) is 7.11 Å². The number of Topliss-reactive ketones (excluding diaryl/α,β-unsaturated/α-hetero) is 1. The summed E-state index contributed by atoms with van der Waals surface area (Å²) in [5.41, 5.74) is -1.03. The van der Waals surface area contributed by atoms with Gasteiger partial charge >= 0.3 is 5.97 Å². The minimum Gasteiger partial charge on any atom is -0.488 e. The third kappa shape index (κ3) is 6.75. The first-order valence-electron chi connectivity index (χ1n) is 16.1. The molecule has 0 radical (unpaired) electrons. The van der Waals surface area contributed by atoms with Crippen LogP contribution in [0.4, 0.5) is 0 Å². The number of fused-ring (bicyclic) bond motifs is 2. The van der Waals surface area contributed by atoms with E-state index in [0.29, 0.717) is 18.6 Å². The normalized spacial score (nSPS) is 49.2. The molecule has 44 heavy (non-hydrogen) atoms. The maximum Gasteiger partial charge on any atom is 0.312 e. The Balaban J connectivity index is 1.77. The molecule has 4 rings (SSSR count). The summed E-state index contributed by atoms with van der Waals surface area (Å²) in [4.78, 5) is 27.1. The van der Waals surface area contributed by atoms with Crippen molar-refractivity contribution in [3.05, 3.63) is 11.3 Å². The highest BCUT2D eigenvalue weighted by molar-refractivity contribution is 5.89. The van der Waals surface area contributed by atoms with Gasteiger partial charge in [-0.15, -0.1) is 0 Å². The molecular formula is C33H54O11. The number of hydrogen-bond acceptors (Lipinski definition) is 11. The Morgan fingerprint density at radius 1 is 0.955 bits per heavy atom. The second kappa shape index (κ2) is 13.3. The summed E-state index contributed by atoms with van der Waals surface area (Å²) in [5, 5.41) is 21.9. The lowest BCUT2D eigenvalue weighted by Gasteiger charge is -2.48. The summed E-state index contributed by atoms with van der Waals surface area (Å²) in [5.74, 6) is -2.40. The lowest BCUT2D eigenvalue weighted by atomic mass is 9.79. The molecule has 15 atom stereocenters. The van der Waals surface area contributed by atoms with Gasteiger partial charge in [0.05, 0.1) is 35.7 Å². The second-order valence-electron chi connectivity index (χ2n) is 14.2. The molecule has 2 N–H and O–H groups in total. The Bertz CT molecular complexity index is 1090. The Kier molecular flexibility index (Phi) is 10.6. The predicted octanol–water partition coefficient (Wildman–Crippen LogP) is 3.67. The molecule has 11 heteroatoms. The SMILES string of the molecule is COC1(C)CC(OC2C(C)C(=O)OC(C)C(=O)C(C)C3=C(C)CC(C)(O3)C(OC3OC(C)CC(C)C3O)C2C)OC(C)C1O. The third-order valence-electron chi connectivity index (χ3n) is 10.4. The van der Waals surface area contributed by atoms with E-state index in [9.17, 15) is 19.8 Å². The van der Waals surface area contributed by atoms with E-state index in [1.54, 1.807) is 34.6 Å².